The Morgan fingerprint density at radius 2 is 1.50 bits per heavy atom. The molecule has 14 heavy (non-hydrogen) atoms. The van der Waals surface area contributed by atoms with E-state index in [1.54, 1.807) is 0 Å². The summed E-state index contributed by atoms with van der Waals surface area (Å²) in [4.78, 5) is 16.7. The van der Waals surface area contributed by atoms with Crippen molar-refractivity contribution in [3.05, 3.63) is 12.7 Å². The van der Waals surface area contributed by atoms with E-state index in [1.165, 1.54) is 19.3 Å². The van der Waals surface area contributed by atoms with Gasteiger partial charge in [-0.1, -0.05) is 39.7 Å². The van der Waals surface area contributed by atoms with Gasteiger partial charge < -0.3 is 0 Å². The number of allylic oxidation sites excluding steroid dienone is 1. The maximum Gasteiger partial charge on any atom is 0.231 e. The number of nitrogens with one attached hydrogen (secondary N) is 2. The highest BCUT2D eigenvalue weighted by molar-refractivity contribution is 5.26. The van der Waals surface area contributed by atoms with Gasteiger partial charge in [-0.3, -0.25) is 0 Å². The van der Waals surface area contributed by atoms with Crippen molar-refractivity contribution in [2.24, 2.45) is 0 Å². The molecule has 0 aliphatic rings. The summed E-state index contributed by atoms with van der Waals surface area (Å²) in [5.41, 5.74) is 0. The van der Waals surface area contributed by atoms with Crippen molar-refractivity contribution in [2.45, 2.75) is 40.0 Å². The smallest absolute Gasteiger partial charge is 0.222 e. The van der Waals surface area contributed by atoms with Crippen LogP contribution in [0.2, 0.25) is 0 Å². The summed E-state index contributed by atoms with van der Waals surface area (Å²) >= 11 is 0. The second kappa shape index (κ2) is 62.6. The van der Waals surface area contributed by atoms with E-state index in [1.807, 2.05) is 19.9 Å². The van der Waals surface area contributed by atoms with Crippen molar-refractivity contribution < 1.29 is 9.59 Å². The molecule has 4 heteroatoms. The SMILES string of the molecule is C=CCCCC.CC.N=C=O.N=C=O. The van der Waals surface area contributed by atoms with Crippen molar-refractivity contribution in [3.63, 3.8) is 0 Å². The first-order valence-corrected chi connectivity index (χ1v) is 4.43. The Morgan fingerprint density at radius 1 is 1.21 bits per heavy atom. The minimum absolute atomic E-state index is 0.750. The van der Waals surface area contributed by atoms with Crippen LogP contribution in [0, 0.1) is 10.8 Å². The molecule has 0 saturated heterocycles. The predicted octanol–water partition coefficient (Wildman–Crippen LogP) is 3.19. The molecule has 0 saturated carbocycles. The van der Waals surface area contributed by atoms with Gasteiger partial charge in [-0.15, -0.1) is 6.58 Å². The lowest BCUT2D eigenvalue weighted by Gasteiger charge is -1.81. The van der Waals surface area contributed by atoms with Crippen LogP contribution in [0.4, 0.5) is 0 Å². The normalized spacial score (nSPS) is 5.07. The molecule has 0 aliphatic heterocycles. The number of rotatable bonds is 3. The molecule has 0 atom stereocenters. The van der Waals surface area contributed by atoms with Crippen molar-refractivity contribution in [1.29, 1.82) is 10.8 Å². The highest BCUT2D eigenvalue weighted by Crippen LogP contribution is 1.91. The summed E-state index contributed by atoms with van der Waals surface area (Å²) in [5.74, 6) is 0. The van der Waals surface area contributed by atoms with Crippen LogP contribution >= 0.6 is 0 Å². The van der Waals surface area contributed by atoms with Crippen LogP contribution in [0.3, 0.4) is 0 Å². The molecule has 0 bridgehead atoms. The van der Waals surface area contributed by atoms with E-state index >= 15 is 0 Å². The minimum Gasteiger partial charge on any atom is -0.222 e. The van der Waals surface area contributed by atoms with Gasteiger partial charge in [-0.2, -0.15) is 0 Å². The fourth-order valence-corrected chi connectivity index (χ4v) is 0.348. The van der Waals surface area contributed by atoms with E-state index < -0.39 is 0 Å². The third-order valence-corrected chi connectivity index (χ3v) is 0.762. The van der Waals surface area contributed by atoms with Gasteiger partial charge in [0.25, 0.3) is 0 Å². The van der Waals surface area contributed by atoms with Gasteiger partial charge >= 0.3 is 0 Å². The Kier molecular flexibility index (Phi) is 102. The number of hydrogen-bond donors (Lipinski definition) is 2. The van der Waals surface area contributed by atoms with Crippen LogP contribution in [-0.4, -0.2) is 12.2 Å². The van der Waals surface area contributed by atoms with Gasteiger partial charge in [0, 0.05) is 0 Å². The molecule has 2 N–H and O–H groups in total. The maximum absolute atomic E-state index is 8.35. The molecule has 0 fully saturated rings. The van der Waals surface area contributed by atoms with E-state index in [4.69, 9.17) is 20.4 Å². The zero-order chi connectivity index (χ0) is 12.2. The molecular weight excluding hydrogens is 180 g/mol. The molecule has 0 aliphatic carbocycles. The Morgan fingerprint density at radius 3 is 1.57 bits per heavy atom. The van der Waals surface area contributed by atoms with Crippen molar-refractivity contribution in [3.8, 4) is 0 Å². The molecular formula is C10H20N2O2. The molecule has 0 unspecified atom stereocenters. The van der Waals surface area contributed by atoms with Gasteiger partial charge in [0.15, 0.2) is 0 Å². The van der Waals surface area contributed by atoms with Gasteiger partial charge in [0.1, 0.15) is 0 Å². The van der Waals surface area contributed by atoms with Crippen molar-refractivity contribution in [1.82, 2.24) is 0 Å². The van der Waals surface area contributed by atoms with Crippen molar-refractivity contribution >= 4 is 12.2 Å². The van der Waals surface area contributed by atoms with Gasteiger partial charge in [0.05, 0.1) is 0 Å². The summed E-state index contributed by atoms with van der Waals surface area (Å²) in [7, 11) is 0. The summed E-state index contributed by atoms with van der Waals surface area (Å²) in [6.07, 6.45) is 7.22. The predicted molar refractivity (Wildman–Crippen MR) is 57.9 cm³/mol. The Bertz CT molecular complexity index is 132. The average molecular weight is 200 g/mol. The van der Waals surface area contributed by atoms with E-state index in [9.17, 15) is 0 Å². The second-order valence-corrected chi connectivity index (χ2v) is 1.64. The van der Waals surface area contributed by atoms with Crippen molar-refractivity contribution in [2.75, 3.05) is 0 Å². The van der Waals surface area contributed by atoms with Crippen LogP contribution in [-0.2, 0) is 9.59 Å². The van der Waals surface area contributed by atoms with Crippen LogP contribution in [0.1, 0.15) is 40.0 Å². The monoisotopic (exact) mass is 200 g/mol. The van der Waals surface area contributed by atoms with Crippen LogP contribution < -0.4 is 0 Å². The van der Waals surface area contributed by atoms with Gasteiger partial charge in [-0.25, -0.2) is 20.4 Å². The third-order valence-electron chi connectivity index (χ3n) is 0.762. The largest absolute Gasteiger partial charge is 0.231 e. The highest BCUT2D eigenvalue weighted by atomic mass is 16.1. The highest BCUT2D eigenvalue weighted by Gasteiger charge is 1.71. The molecule has 0 spiro atoms. The summed E-state index contributed by atoms with van der Waals surface area (Å²) in [6, 6.07) is 0. The Labute approximate surface area is 86.0 Å². The number of isocyanates is 2. The lowest BCUT2D eigenvalue weighted by atomic mass is 10.3. The third kappa shape index (κ3) is 421. The standard InChI is InChI=1S/C6H12.C2H6.2CHNO/c1-3-5-6-4-2;1-2;2*2-1-3/h3H,1,4-6H2,2H3;1-2H3;2*2H. The van der Waals surface area contributed by atoms with E-state index in [0.29, 0.717) is 0 Å². The molecule has 82 valence electrons. The molecule has 0 heterocycles. The number of carbonyl (C=O) groups excluding carboxylic acids is 2. The molecule has 0 amide bonds. The zero-order valence-electron chi connectivity index (χ0n) is 9.22. The second-order valence-electron chi connectivity index (χ2n) is 1.64. The van der Waals surface area contributed by atoms with Crippen LogP contribution in [0.5, 0.6) is 0 Å². The number of unbranched alkanes of at least 4 members (excludes halogenated alkanes) is 2. The molecule has 4 nitrogen and oxygen atoms in total. The van der Waals surface area contributed by atoms with E-state index in [2.05, 4.69) is 13.5 Å². The van der Waals surface area contributed by atoms with Crippen LogP contribution in [0.25, 0.3) is 0 Å². The minimum atomic E-state index is 0.750. The molecule has 0 aromatic heterocycles. The molecule has 0 aromatic carbocycles. The van der Waals surface area contributed by atoms with E-state index in [-0.39, 0.29) is 0 Å². The first-order chi connectivity index (χ1) is 6.74. The summed E-state index contributed by atoms with van der Waals surface area (Å²) in [6.45, 7) is 9.78. The van der Waals surface area contributed by atoms with Gasteiger partial charge in [0.2, 0.25) is 12.2 Å². The lowest BCUT2D eigenvalue weighted by Crippen LogP contribution is -1.61. The molecule has 0 aromatic rings. The first-order valence-electron chi connectivity index (χ1n) is 4.43. The summed E-state index contributed by atoms with van der Waals surface area (Å²) < 4.78 is 0. The quantitative estimate of drug-likeness (QED) is 0.317. The Hall–Kier alpha value is -1.50. The topological polar surface area (TPSA) is 81.8 Å². The maximum atomic E-state index is 8.35. The number of hydrogen-bond acceptors (Lipinski definition) is 4. The first kappa shape index (κ1) is 22.9. The fraction of sp³-hybridized carbons (Fsp3) is 0.600. The Balaban J connectivity index is -0.0000000536. The van der Waals surface area contributed by atoms with Gasteiger partial charge in [-0.05, 0) is 6.42 Å². The molecule has 0 radical (unpaired) electrons. The van der Waals surface area contributed by atoms with E-state index in [0.717, 1.165) is 12.2 Å². The fourth-order valence-electron chi connectivity index (χ4n) is 0.348. The molecule has 0 rings (SSSR count). The zero-order valence-corrected chi connectivity index (χ0v) is 9.22. The lowest BCUT2D eigenvalue weighted by molar-refractivity contribution is 0.562. The average Bonchev–Trinajstić information content (AvgIpc) is 2.20. The van der Waals surface area contributed by atoms with Crippen LogP contribution in [0.15, 0.2) is 12.7 Å². The summed E-state index contributed by atoms with van der Waals surface area (Å²) in [5, 5.41) is 10.8.